The van der Waals surface area contributed by atoms with E-state index in [1.807, 2.05) is 20.8 Å². The molecule has 1 unspecified atom stereocenters. The van der Waals surface area contributed by atoms with E-state index in [0.29, 0.717) is 17.4 Å². The molecule has 124 valence electrons. The minimum Gasteiger partial charge on any atom is -0.383 e. The molecule has 1 saturated carbocycles. The number of aryl methyl sites for hydroxylation is 3. The average molecular weight is 335 g/mol. The Balaban J connectivity index is 1.81. The highest BCUT2D eigenvalue weighted by Crippen LogP contribution is 2.34. The van der Waals surface area contributed by atoms with Crippen LogP contribution in [0.15, 0.2) is 4.52 Å². The lowest BCUT2D eigenvalue weighted by Crippen LogP contribution is -2.39. The van der Waals surface area contributed by atoms with Crippen molar-refractivity contribution in [1.29, 1.82) is 0 Å². The van der Waals surface area contributed by atoms with Crippen LogP contribution < -0.4 is 5.32 Å². The molecule has 0 radical (unpaired) electrons. The van der Waals surface area contributed by atoms with E-state index < -0.39 is 0 Å². The van der Waals surface area contributed by atoms with Crippen molar-refractivity contribution in [3.05, 3.63) is 22.0 Å². The van der Waals surface area contributed by atoms with Crippen molar-refractivity contribution in [2.24, 2.45) is 5.92 Å². The Morgan fingerprint density at radius 3 is 2.70 bits per heavy atom. The van der Waals surface area contributed by atoms with Gasteiger partial charge in [-0.15, -0.1) is 11.3 Å². The quantitative estimate of drug-likeness (QED) is 0.878. The van der Waals surface area contributed by atoms with E-state index in [0.717, 1.165) is 40.6 Å². The number of carbonyl (C=O) groups excluding carboxylic acids is 1. The van der Waals surface area contributed by atoms with Crippen LogP contribution in [0.2, 0.25) is 0 Å². The standard InChI is InChI=1S/C16H21N3O3S/c1-8-13(10(3)22-19-8)16-17-9(2)14(23-16)15(20)18-12(7-21-4)11-5-6-11/h11-12H,5-7H2,1-4H3,(H,18,20). The molecule has 1 atom stereocenters. The summed E-state index contributed by atoms with van der Waals surface area (Å²) < 4.78 is 10.4. The van der Waals surface area contributed by atoms with Crippen molar-refractivity contribution in [2.45, 2.75) is 39.7 Å². The first-order chi connectivity index (χ1) is 11.0. The third-order valence-corrected chi connectivity index (χ3v) is 5.28. The Morgan fingerprint density at radius 2 is 2.13 bits per heavy atom. The first-order valence-corrected chi connectivity index (χ1v) is 8.53. The van der Waals surface area contributed by atoms with E-state index in [-0.39, 0.29) is 11.9 Å². The number of hydrogen-bond acceptors (Lipinski definition) is 6. The molecule has 3 rings (SSSR count). The number of methoxy groups -OCH3 is 1. The van der Waals surface area contributed by atoms with E-state index in [1.54, 1.807) is 7.11 Å². The van der Waals surface area contributed by atoms with E-state index >= 15 is 0 Å². The fourth-order valence-corrected chi connectivity index (χ4v) is 3.82. The molecule has 2 aromatic heterocycles. The van der Waals surface area contributed by atoms with Crippen molar-refractivity contribution >= 4 is 17.2 Å². The number of rotatable bonds is 6. The molecule has 2 heterocycles. The predicted molar refractivity (Wildman–Crippen MR) is 87.7 cm³/mol. The number of aromatic nitrogens is 2. The Morgan fingerprint density at radius 1 is 1.39 bits per heavy atom. The number of nitrogens with one attached hydrogen (secondary N) is 1. The second kappa shape index (κ2) is 6.41. The number of hydrogen-bond donors (Lipinski definition) is 1. The molecule has 0 saturated heterocycles. The molecule has 23 heavy (non-hydrogen) atoms. The first kappa shape index (κ1) is 16.1. The molecule has 1 aliphatic carbocycles. The third-order valence-electron chi connectivity index (χ3n) is 4.10. The molecule has 7 heteroatoms. The van der Waals surface area contributed by atoms with Gasteiger partial charge in [0.05, 0.1) is 29.6 Å². The van der Waals surface area contributed by atoms with Crippen LogP contribution in [0.4, 0.5) is 0 Å². The van der Waals surface area contributed by atoms with Gasteiger partial charge in [0.25, 0.3) is 5.91 Å². The lowest BCUT2D eigenvalue weighted by Gasteiger charge is -2.16. The molecule has 0 aliphatic heterocycles. The minimum atomic E-state index is -0.0769. The molecule has 0 bridgehead atoms. The largest absolute Gasteiger partial charge is 0.383 e. The zero-order valence-corrected chi connectivity index (χ0v) is 14.6. The average Bonchev–Trinajstić information content (AvgIpc) is 3.20. The molecule has 2 aromatic rings. The second-order valence-electron chi connectivity index (χ2n) is 6.01. The van der Waals surface area contributed by atoms with Gasteiger partial charge in [0.2, 0.25) is 0 Å². The molecule has 6 nitrogen and oxygen atoms in total. The van der Waals surface area contributed by atoms with Gasteiger partial charge in [-0.25, -0.2) is 4.98 Å². The van der Waals surface area contributed by atoms with E-state index in [2.05, 4.69) is 15.5 Å². The summed E-state index contributed by atoms with van der Waals surface area (Å²) in [7, 11) is 1.66. The van der Waals surface area contributed by atoms with Crippen LogP contribution in [-0.4, -0.2) is 35.8 Å². The fraction of sp³-hybridized carbons (Fsp3) is 0.562. The monoisotopic (exact) mass is 335 g/mol. The van der Waals surface area contributed by atoms with Crippen LogP contribution in [0, 0.1) is 26.7 Å². The van der Waals surface area contributed by atoms with Gasteiger partial charge in [-0.2, -0.15) is 0 Å². The van der Waals surface area contributed by atoms with Crippen LogP contribution in [0.3, 0.4) is 0 Å². The fourth-order valence-electron chi connectivity index (χ4n) is 2.71. The summed E-state index contributed by atoms with van der Waals surface area (Å²) in [4.78, 5) is 17.8. The van der Waals surface area contributed by atoms with Gasteiger partial charge in [0.15, 0.2) is 0 Å². The van der Waals surface area contributed by atoms with Crippen LogP contribution in [0.1, 0.15) is 39.7 Å². The Labute approximate surface area is 139 Å². The lowest BCUT2D eigenvalue weighted by molar-refractivity contribution is 0.0887. The predicted octanol–water partition coefficient (Wildman–Crippen LogP) is 2.88. The maximum Gasteiger partial charge on any atom is 0.263 e. The lowest BCUT2D eigenvalue weighted by atomic mass is 10.2. The van der Waals surface area contributed by atoms with E-state index in [4.69, 9.17) is 9.26 Å². The second-order valence-corrected chi connectivity index (χ2v) is 7.00. The number of ether oxygens (including phenoxy) is 1. The van der Waals surface area contributed by atoms with Gasteiger partial charge in [0, 0.05) is 7.11 Å². The molecule has 1 N–H and O–H groups in total. The van der Waals surface area contributed by atoms with Crippen molar-refractivity contribution < 1.29 is 14.1 Å². The van der Waals surface area contributed by atoms with E-state index in [9.17, 15) is 4.79 Å². The molecule has 0 aromatic carbocycles. The van der Waals surface area contributed by atoms with Gasteiger partial charge >= 0.3 is 0 Å². The SMILES string of the molecule is COCC(NC(=O)c1sc(-c2c(C)noc2C)nc1C)C1CC1. The zero-order valence-electron chi connectivity index (χ0n) is 13.8. The third kappa shape index (κ3) is 3.30. The van der Waals surface area contributed by atoms with Gasteiger partial charge < -0.3 is 14.6 Å². The van der Waals surface area contributed by atoms with E-state index in [1.165, 1.54) is 11.3 Å². The highest BCUT2D eigenvalue weighted by molar-refractivity contribution is 7.17. The first-order valence-electron chi connectivity index (χ1n) is 7.71. The van der Waals surface area contributed by atoms with Crippen molar-refractivity contribution in [1.82, 2.24) is 15.5 Å². The van der Waals surface area contributed by atoms with Crippen LogP contribution in [0.25, 0.3) is 10.6 Å². The number of amides is 1. The van der Waals surface area contributed by atoms with Crippen molar-refractivity contribution in [3.8, 4) is 10.6 Å². The van der Waals surface area contributed by atoms with Crippen LogP contribution in [0.5, 0.6) is 0 Å². The van der Waals surface area contributed by atoms with Gasteiger partial charge in [-0.05, 0) is 39.5 Å². The molecule has 1 aliphatic rings. The molecule has 1 fully saturated rings. The smallest absolute Gasteiger partial charge is 0.263 e. The normalized spacial score (nSPS) is 15.7. The van der Waals surface area contributed by atoms with Crippen LogP contribution in [-0.2, 0) is 4.74 Å². The molecule has 0 spiro atoms. The highest BCUT2D eigenvalue weighted by atomic mass is 32.1. The highest BCUT2D eigenvalue weighted by Gasteiger charge is 2.33. The summed E-state index contributed by atoms with van der Waals surface area (Å²) in [6.07, 6.45) is 2.31. The summed E-state index contributed by atoms with van der Waals surface area (Å²) >= 11 is 1.38. The van der Waals surface area contributed by atoms with Crippen LogP contribution >= 0.6 is 11.3 Å². The maximum absolute atomic E-state index is 12.6. The van der Waals surface area contributed by atoms with Gasteiger partial charge in [-0.3, -0.25) is 4.79 Å². The van der Waals surface area contributed by atoms with Gasteiger partial charge in [0.1, 0.15) is 15.6 Å². The Bertz CT molecular complexity index is 699. The summed E-state index contributed by atoms with van der Waals surface area (Å²) in [5.41, 5.74) is 2.40. The summed E-state index contributed by atoms with van der Waals surface area (Å²) in [6.45, 7) is 6.14. The van der Waals surface area contributed by atoms with Gasteiger partial charge in [-0.1, -0.05) is 5.16 Å². The molecule has 1 amide bonds. The molecular weight excluding hydrogens is 314 g/mol. The number of nitrogens with zero attached hydrogens (tertiary/aromatic N) is 2. The summed E-state index contributed by atoms with van der Waals surface area (Å²) in [6, 6.07) is 0.0801. The number of carbonyl (C=O) groups is 1. The minimum absolute atomic E-state index is 0.0769. The van der Waals surface area contributed by atoms with Crippen molar-refractivity contribution in [3.63, 3.8) is 0 Å². The Hall–Kier alpha value is -1.73. The van der Waals surface area contributed by atoms with Crippen molar-refractivity contribution in [2.75, 3.05) is 13.7 Å². The zero-order chi connectivity index (χ0) is 16.6. The Kier molecular flexibility index (Phi) is 4.50. The maximum atomic E-state index is 12.6. The molecular formula is C16H21N3O3S. The summed E-state index contributed by atoms with van der Waals surface area (Å²) in [5, 5.41) is 7.82. The number of thiazole rings is 1. The topological polar surface area (TPSA) is 77.2 Å². The summed E-state index contributed by atoms with van der Waals surface area (Å²) in [5.74, 6) is 1.18.